The van der Waals surface area contributed by atoms with E-state index >= 15 is 0 Å². The number of amides is 1. The van der Waals surface area contributed by atoms with Gasteiger partial charge in [-0.3, -0.25) is 9.52 Å². The second-order valence-electron chi connectivity index (χ2n) is 6.84. The van der Waals surface area contributed by atoms with Crippen molar-refractivity contribution in [3.63, 3.8) is 0 Å². The summed E-state index contributed by atoms with van der Waals surface area (Å²) in [6.07, 6.45) is 0. The Morgan fingerprint density at radius 3 is 2.23 bits per heavy atom. The van der Waals surface area contributed by atoms with Gasteiger partial charge in [-0.1, -0.05) is 30.3 Å². The van der Waals surface area contributed by atoms with Crippen molar-refractivity contribution in [1.29, 1.82) is 0 Å². The van der Waals surface area contributed by atoms with Crippen LogP contribution in [0, 0.1) is 5.82 Å². The summed E-state index contributed by atoms with van der Waals surface area (Å²) in [5.41, 5.74) is 1.72. The number of sulfonamides is 1. The van der Waals surface area contributed by atoms with Crippen molar-refractivity contribution in [3.8, 4) is 0 Å². The van der Waals surface area contributed by atoms with E-state index in [0.717, 1.165) is 17.7 Å². The van der Waals surface area contributed by atoms with Gasteiger partial charge < -0.3 is 9.64 Å². The van der Waals surface area contributed by atoms with E-state index in [9.17, 15) is 17.6 Å². The van der Waals surface area contributed by atoms with Gasteiger partial charge in [0.05, 0.1) is 11.5 Å². The Hall–Kier alpha value is -3.23. The maximum absolute atomic E-state index is 13.0. The number of carbonyl (C=O) groups is 1. The number of nitrogens with zero attached hydrogens (tertiary/aromatic N) is 1. The zero-order valence-electron chi connectivity index (χ0n) is 17.0. The minimum atomic E-state index is -3.86. The fraction of sp³-hybridized carbons (Fsp3) is 0.174. The Balaban J connectivity index is 1.73. The lowest BCUT2D eigenvalue weighted by atomic mass is 10.1. The Kier molecular flexibility index (Phi) is 7.38. The Morgan fingerprint density at radius 1 is 0.968 bits per heavy atom. The summed E-state index contributed by atoms with van der Waals surface area (Å²) in [7, 11) is -2.28. The monoisotopic (exact) mass is 442 g/mol. The molecular formula is C23H23FN2O4S. The predicted octanol–water partition coefficient (Wildman–Crippen LogP) is 3.92. The molecule has 0 atom stereocenters. The molecule has 3 aromatic rings. The van der Waals surface area contributed by atoms with Gasteiger partial charge in [0, 0.05) is 31.5 Å². The van der Waals surface area contributed by atoms with Crippen LogP contribution in [-0.2, 0) is 21.3 Å². The smallest absolute Gasteiger partial charge is 0.261 e. The standard InChI is InChI=1S/C23H23FN2O4S/c1-30-16-15-26(17-18-5-3-2-4-6-18)23(27)19-7-11-21(12-8-19)25-31(28,29)22-13-9-20(24)10-14-22/h2-14,25H,15-17H2,1H3. The van der Waals surface area contributed by atoms with E-state index in [1.54, 1.807) is 24.1 Å². The number of anilines is 1. The molecule has 0 heterocycles. The van der Waals surface area contributed by atoms with Crippen LogP contribution in [0.4, 0.5) is 10.1 Å². The molecule has 0 saturated heterocycles. The van der Waals surface area contributed by atoms with E-state index < -0.39 is 15.8 Å². The van der Waals surface area contributed by atoms with E-state index in [1.807, 2.05) is 30.3 Å². The number of hydrogen-bond acceptors (Lipinski definition) is 4. The Morgan fingerprint density at radius 2 is 1.61 bits per heavy atom. The van der Waals surface area contributed by atoms with Gasteiger partial charge in [-0.05, 0) is 54.1 Å². The number of hydrogen-bond donors (Lipinski definition) is 1. The lowest BCUT2D eigenvalue weighted by Crippen LogP contribution is -2.33. The van der Waals surface area contributed by atoms with Gasteiger partial charge in [-0.25, -0.2) is 12.8 Å². The van der Waals surface area contributed by atoms with Gasteiger partial charge in [0.2, 0.25) is 0 Å². The molecule has 6 nitrogen and oxygen atoms in total. The molecule has 0 spiro atoms. The molecule has 1 N–H and O–H groups in total. The average molecular weight is 443 g/mol. The highest BCUT2D eigenvalue weighted by molar-refractivity contribution is 7.92. The van der Waals surface area contributed by atoms with Gasteiger partial charge in [0.25, 0.3) is 15.9 Å². The molecule has 3 aromatic carbocycles. The topological polar surface area (TPSA) is 75.7 Å². The number of halogens is 1. The third-order valence-corrected chi connectivity index (χ3v) is 5.97. The van der Waals surface area contributed by atoms with Crippen molar-refractivity contribution in [2.24, 2.45) is 0 Å². The fourth-order valence-corrected chi connectivity index (χ4v) is 4.01. The number of methoxy groups -OCH3 is 1. The molecule has 31 heavy (non-hydrogen) atoms. The summed E-state index contributed by atoms with van der Waals surface area (Å²) in [5, 5.41) is 0. The van der Waals surface area contributed by atoms with Crippen molar-refractivity contribution < 1.29 is 22.3 Å². The normalized spacial score (nSPS) is 11.2. The first-order valence-corrected chi connectivity index (χ1v) is 11.1. The molecule has 0 fully saturated rings. The third kappa shape index (κ3) is 6.13. The molecule has 0 aliphatic heterocycles. The van der Waals surface area contributed by atoms with Crippen LogP contribution in [0.1, 0.15) is 15.9 Å². The second kappa shape index (κ2) is 10.2. The van der Waals surface area contributed by atoms with Crippen molar-refractivity contribution >= 4 is 21.6 Å². The van der Waals surface area contributed by atoms with Crippen LogP contribution in [0.3, 0.4) is 0 Å². The van der Waals surface area contributed by atoms with E-state index in [2.05, 4.69) is 4.72 Å². The van der Waals surface area contributed by atoms with Gasteiger partial charge in [0.15, 0.2) is 0 Å². The van der Waals surface area contributed by atoms with E-state index in [4.69, 9.17) is 4.74 Å². The van der Waals surface area contributed by atoms with Gasteiger partial charge >= 0.3 is 0 Å². The molecule has 0 radical (unpaired) electrons. The Labute approximate surface area is 181 Å². The van der Waals surface area contributed by atoms with Crippen LogP contribution in [0.2, 0.25) is 0 Å². The minimum absolute atomic E-state index is 0.0531. The van der Waals surface area contributed by atoms with Crippen LogP contribution >= 0.6 is 0 Å². The first-order valence-electron chi connectivity index (χ1n) is 9.59. The molecule has 0 bridgehead atoms. The third-order valence-electron chi connectivity index (χ3n) is 4.58. The minimum Gasteiger partial charge on any atom is -0.383 e. The number of benzene rings is 3. The van der Waals surface area contributed by atoms with Crippen molar-refractivity contribution in [2.45, 2.75) is 11.4 Å². The van der Waals surface area contributed by atoms with Crippen LogP contribution < -0.4 is 4.72 Å². The number of ether oxygens (including phenoxy) is 1. The number of carbonyl (C=O) groups excluding carboxylic acids is 1. The molecule has 0 aromatic heterocycles. The van der Waals surface area contributed by atoms with Crippen LogP contribution in [-0.4, -0.2) is 39.5 Å². The highest BCUT2D eigenvalue weighted by atomic mass is 32.2. The average Bonchev–Trinajstić information content (AvgIpc) is 2.77. The molecule has 0 saturated carbocycles. The lowest BCUT2D eigenvalue weighted by molar-refractivity contribution is 0.0680. The summed E-state index contributed by atoms with van der Waals surface area (Å²) in [4.78, 5) is 14.6. The summed E-state index contributed by atoms with van der Waals surface area (Å²) < 4.78 is 45.5. The molecule has 0 unspecified atom stereocenters. The summed E-state index contributed by atoms with van der Waals surface area (Å²) in [5.74, 6) is -0.704. The summed E-state index contributed by atoms with van der Waals surface area (Å²) in [6.45, 7) is 1.25. The molecule has 3 rings (SSSR count). The first kappa shape index (κ1) is 22.5. The quantitative estimate of drug-likeness (QED) is 0.545. The van der Waals surface area contributed by atoms with Crippen molar-refractivity contribution in [3.05, 3.63) is 95.8 Å². The van der Waals surface area contributed by atoms with E-state index in [1.165, 1.54) is 24.3 Å². The molecule has 1 amide bonds. The van der Waals surface area contributed by atoms with Crippen molar-refractivity contribution in [1.82, 2.24) is 4.90 Å². The zero-order chi connectivity index (χ0) is 22.3. The highest BCUT2D eigenvalue weighted by Gasteiger charge is 2.18. The van der Waals surface area contributed by atoms with E-state index in [0.29, 0.717) is 30.9 Å². The molecule has 0 aliphatic rings. The van der Waals surface area contributed by atoms with Crippen LogP contribution in [0.25, 0.3) is 0 Å². The molecule has 8 heteroatoms. The first-order chi connectivity index (χ1) is 14.9. The Bertz CT molecular complexity index is 1100. The SMILES string of the molecule is COCCN(Cc1ccccc1)C(=O)c1ccc(NS(=O)(=O)c2ccc(F)cc2)cc1. The second-order valence-corrected chi connectivity index (χ2v) is 8.52. The number of nitrogens with one attached hydrogen (secondary N) is 1. The van der Waals surface area contributed by atoms with Crippen LogP contribution in [0.15, 0.2) is 83.8 Å². The fourth-order valence-electron chi connectivity index (χ4n) is 2.95. The molecule has 162 valence electrons. The zero-order valence-corrected chi connectivity index (χ0v) is 17.8. The molecular weight excluding hydrogens is 419 g/mol. The maximum Gasteiger partial charge on any atom is 0.261 e. The maximum atomic E-state index is 13.0. The highest BCUT2D eigenvalue weighted by Crippen LogP contribution is 2.18. The number of rotatable bonds is 9. The predicted molar refractivity (Wildman–Crippen MR) is 117 cm³/mol. The van der Waals surface area contributed by atoms with Gasteiger partial charge in [-0.15, -0.1) is 0 Å². The van der Waals surface area contributed by atoms with E-state index in [-0.39, 0.29) is 10.8 Å². The van der Waals surface area contributed by atoms with Crippen LogP contribution in [0.5, 0.6) is 0 Å². The van der Waals surface area contributed by atoms with Gasteiger partial charge in [0.1, 0.15) is 5.82 Å². The largest absolute Gasteiger partial charge is 0.383 e. The molecule has 0 aliphatic carbocycles. The summed E-state index contributed by atoms with van der Waals surface area (Å²) >= 11 is 0. The summed E-state index contributed by atoms with van der Waals surface area (Å²) in [6, 6.07) is 20.3. The van der Waals surface area contributed by atoms with Crippen molar-refractivity contribution in [2.75, 3.05) is 25.0 Å². The van der Waals surface area contributed by atoms with Gasteiger partial charge in [-0.2, -0.15) is 0 Å². The lowest BCUT2D eigenvalue weighted by Gasteiger charge is -2.23.